The zero-order chi connectivity index (χ0) is 13.8. The van der Waals surface area contributed by atoms with Gasteiger partial charge in [-0.2, -0.15) is 0 Å². The molecule has 19 heavy (non-hydrogen) atoms. The SMILES string of the molecule is CCc1ccc(C(=O)C(=O)N2CCN(C)CC2)cc1. The van der Waals surface area contributed by atoms with Gasteiger partial charge in [-0.05, 0) is 19.0 Å². The minimum atomic E-state index is -0.396. The Bertz CT molecular complexity index is 460. The van der Waals surface area contributed by atoms with E-state index in [1.165, 1.54) is 5.56 Å². The zero-order valence-electron chi connectivity index (χ0n) is 11.6. The quantitative estimate of drug-likeness (QED) is 0.606. The summed E-state index contributed by atoms with van der Waals surface area (Å²) in [5, 5.41) is 0. The Balaban J connectivity index is 2.03. The van der Waals surface area contributed by atoms with E-state index in [9.17, 15) is 9.59 Å². The first-order chi connectivity index (χ1) is 9.11. The molecule has 0 aromatic heterocycles. The van der Waals surface area contributed by atoms with Crippen LogP contribution in [0.2, 0.25) is 0 Å². The Kier molecular flexibility index (Phi) is 4.32. The predicted molar refractivity (Wildman–Crippen MR) is 74.2 cm³/mol. The molecular formula is C15H20N2O2. The Labute approximate surface area is 114 Å². The molecule has 0 saturated carbocycles. The summed E-state index contributed by atoms with van der Waals surface area (Å²) in [5.74, 6) is -0.774. The van der Waals surface area contributed by atoms with Crippen LogP contribution in [0.1, 0.15) is 22.8 Å². The van der Waals surface area contributed by atoms with Crippen LogP contribution in [0.4, 0.5) is 0 Å². The number of nitrogens with zero attached hydrogens (tertiary/aromatic N) is 2. The van der Waals surface area contributed by atoms with Crippen molar-refractivity contribution in [2.24, 2.45) is 0 Å². The van der Waals surface area contributed by atoms with Gasteiger partial charge in [-0.1, -0.05) is 31.2 Å². The highest BCUT2D eigenvalue weighted by atomic mass is 16.2. The molecule has 1 aromatic carbocycles. The van der Waals surface area contributed by atoms with Crippen LogP contribution in [0.15, 0.2) is 24.3 Å². The number of hydrogen-bond donors (Lipinski definition) is 0. The first-order valence-electron chi connectivity index (χ1n) is 6.73. The fraction of sp³-hybridized carbons (Fsp3) is 0.467. The summed E-state index contributed by atoms with van der Waals surface area (Å²) in [6, 6.07) is 7.30. The number of aryl methyl sites for hydroxylation is 1. The number of hydrogen-bond acceptors (Lipinski definition) is 3. The third-order valence-corrected chi connectivity index (χ3v) is 3.61. The molecule has 0 aliphatic carbocycles. The lowest BCUT2D eigenvalue weighted by atomic mass is 10.1. The minimum absolute atomic E-state index is 0.377. The number of piperazine rings is 1. The number of likely N-dealkylation sites (N-methyl/N-ethyl adjacent to an activating group) is 1. The van der Waals surface area contributed by atoms with Crippen LogP contribution < -0.4 is 0 Å². The highest BCUT2D eigenvalue weighted by Gasteiger charge is 2.25. The van der Waals surface area contributed by atoms with E-state index in [4.69, 9.17) is 0 Å². The Hall–Kier alpha value is -1.68. The molecule has 1 aliphatic heterocycles. The molecular weight excluding hydrogens is 240 g/mol. The summed E-state index contributed by atoms with van der Waals surface area (Å²) in [5.41, 5.74) is 1.66. The van der Waals surface area contributed by atoms with Crippen molar-refractivity contribution in [3.8, 4) is 0 Å². The lowest BCUT2D eigenvalue weighted by Crippen LogP contribution is -2.49. The van der Waals surface area contributed by atoms with Gasteiger partial charge in [0.05, 0.1) is 0 Å². The molecule has 0 unspecified atom stereocenters. The maximum atomic E-state index is 12.1. The summed E-state index contributed by atoms with van der Waals surface area (Å²) >= 11 is 0. The normalized spacial score (nSPS) is 16.4. The summed E-state index contributed by atoms with van der Waals surface area (Å²) in [6.07, 6.45) is 0.931. The molecule has 1 fully saturated rings. The van der Waals surface area contributed by atoms with Crippen LogP contribution >= 0.6 is 0 Å². The van der Waals surface area contributed by atoms with Crippen molar-refractivity contribution in [3.63, 3.8) is 0 Å². The van der Waals surface area contributed by atoms with Crippen molar-refractivity contribution in [2.45, 2.75) is 13.3 Å². The number of carbonyl (C=O) groups excluding carboxylic acids is 2. The minimum Gasteiger partial charge on any atom is -0.333 e. The number of rotatable bonds is 3. The van der Waals surface area contributed by atoms with Crippen LogP contribution in [-0.2, 0) is 11.2 Å². The fourth-order valence-corrected chi connectivity index (χ4v) is 2.17. The van der Waals surface area contributed by atoms with E-state index in [2.05, 4.69) is 11.8 Å². The molecule has 0 spiro atoms. The number of Topliss-reactive ketones (excluding diaryl/α,β-unsaturated/α-hetero) is 1. The van der Waals surface area contributed by atoms with Gasteiger partial charge in [-0.15, -0.1) is 0 Å². The van der Waals surface area contributed by atoms with Gasteiger partial charge >= 0.3 is 0 Å². The topological polar surface area (TPSA) is 40.6 Å². The molecule has 0 radical (unpaired) electrons. The average Bonchev–Trinajstić information content (AvgIpc) is 2.46. The van der Waals surface area contributed by atoms with Gasteiger partial charge in [-0.3, -0.25) is 9.59 Å². The van der Waals surface area contributed by atoms with E-state index < -0.39 is 5.78 Å². The summed E-state index contributed by atoms with van der Waals surface area (Å²) < 4.78 is 0. The largest absolute Gasteiger partial charge is 0.333 e. The van der Waals surface area contributed by atoms with Gasteiger partial charge in [0, 0.05) is 31.7 Å². The summed E-state index contributed by atoms with van der Waals surface area (Å²) in [6.45, 7) is 4.98. The van der Waals surface area contributed by atoms with E-state index in [0.717, 1.165) is 19.5 Å². The summed E-state index contributed by atoms with van der Waals surface area (Å²) in [4.78, 5) is 28.0. The Morgan fingerprint density at radius 2 is 1.63 bits per heavy atom. The van der Waals surface area contributed by atoms with Crippen LogP contribution in [0.5, 0.6) is 0 Å². The monoisotopic (exact) mass is 260 g/mol. The van der Waals surface area contributed by atoms with Crippen LogP contribution in [0, 0.1) is 0 Å². The van der Waals surface area contributed by atoms with E-state index in [-0.39, 0.29) is 5.91 Å². The van der Waals surface area contributed by atoms with Crippen molar-refractivity contribution in [3.05, 3.63) is 35.4 Å². The highest BCUT2D eigenvalue weighted by molar-refractivity contribution is 6.42. The van der Waals surface area contributed by atoms with Crippen molar-refractivity contribution < 1.29 is 9.59 Å². The molecule has 1 aromatic rings. The molecule has 1 saturated heterocycles. The molecule has 1 amide bonds. The second kappa shape index (κ2) is 5.97. The third-order valence-electron chi connectivity index (χ3n) is 3.61. The lowest BCUT2D eigenvalue weighted by Gasteiger charge is -2.31. The number of amides is 1. The number of ketones is 1. The predicted octanol–water partition coefficient (Wildman–Crippen LogP) is 1.21. The number of carbonyl (C=O) groups is 2. The molecule has 102 valence electrons. The second-order valence-electron chi connectivity index (χ2n) is 4.98. The fourth-order valence-electron chi connectivity index (χ4n) is 2.17. The number of benzene rings is 1. The van der Waals surface area contributed by atoms with Crippen molar-refractivity contribution >= 4 is 11.7 Å². The molecule has 0 bridgehead atoms. The molecule has 1 heterocycles. The standard InChI is InChI=1S/C15H20N2O2/c1-3-12-4-6-13(7-5-12)14(18)15(19)17-10-8-16(2)9-11-17/h4-7H,3,8-11H2,1-2H3. The van der Waals surface area contributed by atoms with Crippen molar-refractivity contribution in [1.29, 1.82) is 0 Å². The van der Waals surface area contributed by atoms with Crippen LogP contribution in [-0.4, -0.2) is 54.7 Å². The molecule has 4 heteroatoms. The molecule has 2 rings (SSSR count). The Morgan fingerprint density at radius 3 is 2.16 bits per heavy atom. The molecule has 0 N–H and O–H groups in total. The smallest absolute Gasteiger partial charge is 0.295 e. The summed E-state index contributed by atoms with van der Waals surface area (Å²) in [7, 11) is 2.02. The van der Waals surface area contributed by atoms with Gasteiger partial charge in [0.2, 0.25) is 5.78 Å². The van der Waals surface area contributed by atoms with Gasteiger partial charge in [-0.25, -0.2) is 0 Å². The molecule has 1 aliphatic rings. The molecule has 4 nitrogen and oxygen atoms in total. The Morgan fingerprint density at radius 1 is 1.05 bits per heavy atom. The first kappa shape index (κ1) is 13.7. The van der Waals surface area contributed by atoms with E-state index in [1.54, 1.807) is 17.0 Å². The maximum Gasteiger partial charge on any atom is 0.295 e. The van der Waals surface area contributed by atoms with Crippen LogP contribution in [0.25, 0.3) is 0 Å². The highest BCUT2D eigenvalue weighted by Crippen LogP contribution is 2.09. The van der Waals surface area contributed by atoms with Gasteiger partial charge < -0.3 is 9.80 Å². The van der Waals surface area contributed by atoms with Gasteiger partial charge in [0.15, 0.2) is 0 Å². The third kappa shape index (κ3) is 3.20. The zero-order valence-corrected chi connectivity index (χ0v) is 11.6. The van der Waals surface area contributed by atoms with Crippen LogP contribution in [0.3, 0.4) is 0 Å². The first-order valence-corrected chi connectivity index (χ1v) is 6.73. The van der Waals surface area contributed by atoms with Gasteiger partial charge in [0.25, 0.3) is 5.91 Å². The maximum absolute atomic E-state index is 12.1. The van der Waals surface area contributed by atoms with E-state index >= 15 is 0 Å². The van der Waals surface area contributed by atoms with E-state index in [1.807, 2.05) is 19.2 Å². The van der Waals surface area contributed by atoms with Crippen molar-refractivity contribution in [1.82, 2.24) is 9.80 Å². The van der Waals surface area contributed by atoms with Gasteiger partial charge in [0.1, 0.15) is 0 Å². The second-order valence-corrected chi connectivity index (χ2v) is 4.98. The average molecular weight is 260 g/mol. The van der Waals surface area contributed by atoms with Crippen molar-refractivity contribution in [2.75, 3.05) is 33.2 Å². The van der Waals surface area contributed by atoms with E-state index in [0.29, 0.717) is 18.7 Å². The lowest BCUT2D eigenvalue weighted by molar-refractivity contribution is -0.127. The molecule has 0 atom stereocenters.